The number of carbonyl (C=O) groups is 1. The fourth-order valence-electron chi connectivity index (χ4n) is 1.43. The second kappa shape index (κ2) is 4.96. The lowest BCUT2D eigenvalue weighted by Crippen LogP contribution is -2.34. The first-order valence-corrected chi connectivity index (χ1v) is 5.17. The number of nitrogens with one attached hydrogen (secondary N) is 1. The third-order valence-corrected chi connectivity index (χ3v) is 2.44. The summed E-state index contributed by atoms with van der Waals surface area (Å²) in [5.74, 6) is -1.38. The molecule has 0 saturated heterocycles. The van der Waals surface area contributed by atoms with Crippen LogP contribution >= 0.6 is 0 Å². The second-order valence-electron chi connectivity index (χ2n) is 4.16. The van der Waals surface area contributed by atoms with Crippen molar-refractivity contribution in [2.45, 2.75) is 26.8 Å². The molecule has 16 heavy (non-hydrogen) atoms. The summed E-state index contributed by atoms with van der Waals surface area (Å²) in [6, 6.07) is 3.58. The van der Waals surface area contributed by atoms with E-state index in [1.807, 2.05) is 0 Å². The normalized spacial score (nSPS) is 12.6. The highest BCUT2D eigenvalue weighted by atomic mass is 19.1. The van der Waals surface area contributed by atoms with Crippen molar-refractivity contribution in [3.63, 3.8) is 0 Å². The summed E-state index contributed by atoms with van der Waals surface area (Å²) in [6.07, 6.45) is 0. The fourth-order valence-corrected chi connectivity index (χ4v) is 1.43. The highest BCUT2D eigenvalue weighted by Gasteiger charge is 2.21. The van der Waals surface area contributed by atoms with E-state index < -0.39 is 12.0 Å². The van der Waals surface area contributed by atoms with E-state index in [0.717, 1.165) is 5.56 Å². The summed E-state index contributed by atoms with van der Waals surface area (Å²) < 4.78 is 13.0. The van der Waals surface area contributed by atoms with E-state index in [2.05, 4.69) is 5.32 Å². The van der Waals surface area contributed by atoms with Gasteiger partial charge in [-0.05, 0) is 30.5 Å². The van der Waals surface area contributed by atoms with Gasteiger partial charge in [0.05, 0.1) is 0 Å². The molecule has 1 atom stereocenters. The third-order valence-electron chi connectivity index (χ3n) is 2.44. The molecular weight excluding hydrogens is 209 g/mol. The number of rotatable bonds is 4. The van der Waals surface area contributed by atoms with Crippen LogP contribution in [0.4, 0.5) is 10.1 Å². The van der Waals surface area contributed by atoms with Gasteiger partial charge in [0.1, 0.15) is 11.9 Å². The predicted octanol–water partition coefficient (Wildman–Crippen LogP) is 2.66. The average molecular weight is 225 g/mol. The van der Waals surface area contributed by atoms with Crippen molar-refractivity contribution >= 4 is 11.7 Å². The number of aryl methyl sites for hydroxylation is 1. The van der Waals surface area contributed by atoms with E-state index in [1.54, 1.807) is 26.8 Å². The van der Waals surface area contributed by atoms with Gasteiger partial charge in [-0.3, -0.25) is 0 Å². The van der Waals surface area contributed by atoms with Gasteiger partial charge in [-0.2, -0.15) is 0 Å². The Bertz CT molecular complexity index is 391. The number of carboxylic acids is 1. The molecule has 0 saturated carbocycles. The van der Waals surface area contributed by atoms with Gasteiger partial charge in [0, 0.05) is 5.69 Å². The van der Waals surface area contributed by atoms with Crippen LogP contribution in [-0.2, 0) is 4.79 Å². The van der Waals surface area contributed by atoms with Crippen LogP contribution in [0.1, 0.15) is 19.4 Å². The van der Waals surface area contributed by atoms with Crippen LogP contribution in [0.2, 0.25) is 0 Å². The Labute approximate surface area is 94.3 Å². The maximum atomic E-state index is 13.0. The standard InChI is InChI=1S/C12H16FNO2/c1-7(2)11(12(15)16)14-10-6-9(13)5-4-8(10)3/h4-7,11,14H,1-3H3,(H,15,16)/t11-/m0/s1. The average Bonchev–Trinajstić information content (AvgIpc) is 2.18. The first-order valence-electron chi connectivity index (χ1n) is 5.17. The van der Waals surface area contributed by atoms with Gasteiger partial charge in [0.2, 0.25) is 0 Å². The maximum Gasteiger partial charge on any atom is 0.326 e. The van der Waals surface area contributed by atoms with E-state index in [0.29, 0.717) is 5.69 Å². The van der Waals surface area contributed by atoms with Gasteiger partial charge in [0.15, 0.2) is 0 Å². The first-order chi connectivity index (χ1) is 7.41. The molecule has 0 fully saturated rings. The number of benzene rings is 1. The molecule has 0 unspecified atom stereocenters. The number of hydrogen-bond donors (Lipinski definition) is 2. The number of carboxylic acid groups (broad SMARTS) is 1. The van der Waals surface area contributed by atoms with Gasteiger partial charge in [-0.15, -0.1) is 0 Å². The topological polar surface area (TPSA) is 49.3 Å². The molecule has 0 aliphatic rings. The third kappa shape index (κ3) is 2.95. The van der Waals surface area contributed by atoms with Gasteiger partial charge < -0.3 is 10.4 Å². The Morgan fingerprint density at radius 1 is 1.44 bits per heavy atom. The first kappa shape index (κ1) is 12.5. The molecule has 3 nitrogen and oxygen atoms in total. The lowest BCUT2D eigenvalue weighted by atomic mass is 10.0. The number of halogens is 1. The second-order valence-corrected chi connectivity index (χ2v) is 4.16. The summed E-state index contributed by atoms with van der Waals surface area (Å²) in [7, 11) is 0. The van der Waals surface area contributed by atoms with Gasteiger partial charge in [-0.25, -0.2) is 9.18 Å². The summed E-state index contributed by atoms with van der Waals surface area (Å²) in [5.41, 5.74) is 1.36. The lowest BCUT2D eigenvalue weighted by molar-refractivity contribution is -0.138. The monoisotopic (exact) mass is 225 g/mol. The van der Waals surface area contributed by atoms with Gasteiger partial charge in [0.25, 0.3) is 0 Å². The van der Waals surface area contributed by atoms with Crippen molar-refractivity contribution in [2.75, 3.05) is 5.32 Å². The fraction of sp³-hybridized carbons (Fsp3) is 0.417. The molecule has 0 aromatic heterocycles. The Morgan fingerprint density at radius 3 is 2.56 bits per heavy atom. The van der Waals surface area contributed by atoms with E-state index >= 15 is 0 Å². The van der Waals surface area contributed by atoms with Crippen molar-refractivity contribution in [3.8, 4) is 0 Å². The zero-order valence-electron chi connectivity index (χ0n) is 9.62. The minimum atomic E-state index is -0.932. The predicted molar refractivity (Wildman–Crippen MR) is 61.0 cm³/mol. The largest absolute Gasteiger partial charge is 0.480 e. The van der Waals surface area contributed by atoms with E-state index in [1.165, 1.54) is 12.1 Å². The molecule has 0 amide bonds. The zero-order valence-corrected chi connectivity index (χ0v) is 9.62. The number of anilines is 1. The van der Waals surface area contributed by atoms with E-state index in [-0.39, 0.29) is 11.7 Å². The minimum Gasteiger partial charge on any atom is -0.480 e. The molecule has 0 aliphatic carbocycles. The Balaban J connectivity index is 2.93. The Kier molecular flexibility index (Phi) is 3.88. The van der Waals surface area contributed by atoms with Crippen LogP contribution < -0.4 is 5.32 Å². The summed E-state index contributed by atoms with van der Waals surface area (Å²) in [6.45, 7) is 5.42. The van der Waals surface area contributed by atoms with Crippen LogP contribution in [0.15, 0.2) is 18.2 Å². The molecule has 1 aromatic rings. The van der Waals surface area contributed by atoms with Crippen molar-refractivity contribution in [1.82, 2.24) is 0 Å². The highest BCUT2D eigenvalue weighted by molar-refractivity contribution is 5.78. The molecule has 0 radical (unpaired) electrons. The molecule has 0 bridgehead atoms. The van der Waals surface area contributed by atoms with Crippen LogP contribution in [0, 0.1) is 18.7 Å². The number of hydrogen-bond acceptors (Lipinski definition) is 2. The van der Waals surface area contributed by atoms with Crippen LogP contribution in [0.25, 0.3) is 0 Å². The summed E-state index contributed by atoms with van der Waals surface area (Å²) in [5, 5.41) is 11.9. The van der Waals surface area contributed by atoms with E-state index in [9.17, 15) is 9.18 Å². The molecular formula is C12H16FNO2. The summed E-state index contributed by atoms with van der Waals surface area (Å²) >= 11 is 0. The molecule has 4 heteroatoms. The molecule has 1 rings (SSSR count). The SMILES string of the molecule is Cc1ccc(F)cc1N[C@H](C(=O)O)C(C)C. The number of aliphatic carboxylic acids is 1. The lowest BCUT2D eigenvalue weighted by Gasteiger charge is -2.20. The van der Waals surface area contributed by atoms with Crippen molar-refractivity contribution in [1.29, 1.82) is 0 Å². The van der Waals surface area contributed by atoms with E-state index in [4.69, 9.17) is 5.11 Å². The maximum absolute atomic E-state index is 13.0. The minimum absolute atomic E-state index is 0.0693. The highest BCUT2D eigenvalue weighted by Crippen LogP contribution is 2.19. The molecule has 88 valence electrons. The molecule has 0 heterocycles. The van der Waals surface area contributed by atoms with Gasteiger partial charge >= 0.3 is 5.97 Å². The Morgan fingerprint density at radius 2 is 2.06 bits per heavy atom. The van der Waals surface area contributed by atoms with Gasteiger partial charge in [-0.1, -0.05) is 19.9 Å². The summed E-state index contributed by atoms with van der Waals surface area (Å²) in [4.78, 5) is 11.0. The Hall–Kier alpha value is -1.58. The van der Waals surface area contributed by atoms with Crippen LogP contribution in [0.3, 0.4) is 0 Å². The molecule has 2 N–H and O–H groups in total. The van der Waals surface area contributed by atoms with Crippen molar-refractivity contribution < 1.29 is 14.3 Å². The smallest absolute Gasteiger partial charge is 0.326 e. The molecule has 1 aromatic carbocycles. The van der Waals surface area contributed by atoms with Crippen LogP contribution in [-0.4, -0.2) is 17.1 Å². The zero-order chi connectivity index (χ0) is 12.3. The molecule has 0 aliphatic heterocycles. The van der Waals surface area contributed by atoms with Crippen molar-refractivity contribution in [3.05, 3.63) is 29.6 Å². The molecule has 0 spiro atoms. The van der Waals surface area contributed by atoms with Crippen molar-refractivity contribution in [2.24, 2.45) is 5.92 Å². The quantitative estimate of drug-likeness (QED) is 0.828. The van der Waals surface area contributed by atoms with Crippen LogP contribution in [0.5, 0.6) is 0 Å².